The van der Waals surface area contributed by atoms with Gasteiger partial charge in [-0.25, -0.2) is 4.98 Å². The van der Waals surface area contributed by atoms with E-state index in [2.05, 4.69) is 4.98 Å². The Morgan fingerprint density at radius 2 is 1.96 bits per heavy atom. The third kappa shape index (κ3) is 3.96. The maximum absolute atomic E-state index is 12.8. The lowest BCUT2D eigenvalue weighted by molar-refractivity contribution is -0.139. The minimum Gasteiger partial charge on any atom is -0.479 e. The van der Waals surface area contributed by atoms with Crippen LogP contribution in [0.2, 0.25) is 10.0 Å². The van der Waals surface area contributed by atoms with Crippen molar-refractivity contribution in [2.75, 3.05) is 13.1 Å². The normalized spacial score (nSPS) is 16.3. The second kappa shape index (κ2) is 8.02. The van der Waals surface area contributed by atoms with E-state index in [1.165, 1.54) is 0 Å². The zero-order chi connectivity index (χ0) is 19.7. The van der Waals surface area contributed by atoms with Crippen molar-refractivity contribution in [3.05, 3.63) is 58.4 Å². The molecule has 4 rings (SSSR count). The van der Waals surface area contributed by atoms with Crippen molar-refractivity contribution in [2.24, 2.45) is 0 Å². The molecule has 1 atom stereocenters. The van der Waals surface area contributed by atoms with Gasteiger partial charge in [0, 0.05) is 24.0 Å². The van der Waals surface area contributed by atoms with Gasteiger partial charge in [-0.2, -0.15) is 0 Å². The van der Waals surface area contributed by atoms with Crippen LogP contribution in [0.5, 0.6) is 5.75 Å². The van der Waals surface area contributed by atoms with Gasteiger partial charge in [0.25, 0.3) is 5.91 Å². The van der Waals surface area contributed by atoms with Crippen LogP contribution in [0.4, 0.5) is 0 Å². The van der Waals surface area contributed by atoms with Gasteiger partial charge in [0.2, 0.25) is 0 Å². The Hall–Kier alpha value is -2.24. The van der Waals surface area contributed by atoms with Crippen molar-refractivity contribution in [1.82, 2.24) is 9.88 Å². The number of oxazole rings is 1. The molecule has 1 amide bonds. The van der Waals surface area contributed by atoms with Crippen LogP contribution >= 0.6 is 23.2 Å². The maximum atomic E-state index is 12.8. The highest BCUT2D eigenvalue weighted by Crippen LogP contribution is 2.31. The van der Waals surface area contributed by atoms with E-state index in [-0.39, 0.29) is 11.8 Å². The zero-order valence-electron chi connectivity index (χ0n) is 15.4. The second-order valence-electron chi connectivity index (χ2n) is 6.95. The Bertz CT molecular complexity index is 963. The summed E-state index contributed by atoms with van der Waals surface area (Å²) in [6.07, 6.45) is 1.000. The Balaban J connectivity index is 1.36. The first-order valence-corrected chi connectivity index (χ1v) is 10.0. The number of piperidine rings is 1. The van der Waals surface area contributed by atoms with E-state index in [9.17, 15) is 4.79 Å². The third-order valence-corrected chi connectivity index (χ3v) is 5.54. The third-order valence-electron chi connectivity index (χ3n) is 5.01. The topological polar surface area (TPSA) is 55.6 Å². The van der Waals surface area contributed by atoms with E-state index in [1.807, 2.05) is 29.2 Å². The molecule has 0 aliphatic carbocycles. The number of hydrogen-bond acceptors (Lipinski definition) is 4. The van der Waals surface area contributed by atoms with Crippen molar-refractivity contribution in [1.29, 1.82) is 0 Å². The predicted octanol–water partition coefficient (Wildman–Crippen LogP) is 5.31. The standard InChI is InChI=1S/C21H20Cl2N2O3/c1-13(27-18-7-6-15(22)12-16(18)23)21(26)25-10-8-14(9-11-25)20-24-17-4-2-3-5-19(17)28-20/h2-7,12-14H,8-11H2,1H3/t13-/m0/s1. The van der Waals surface area contributed by atoms with Gasteiger partial charge in [-0.1, -0.05) is 35.3 Å². The minimum atomic E-state index is -0.625. The molecule has 1 saturated heterocycles. The summed E-state index contributed by atoms with van der Waals surface area (Å²) in [6.45, 7) is 3.02. The molecule has 1 fully saturated rings. The monoisotopic (exact) mass is 418 g/mol. The largest absolute Gasteiger partial charge is 0.479 e. The summed E-state index contributed by atoms with van der Waals surface area (Å²) < 4.78 is 11.6. The number of aromatic nitrogens is 1. The molecule has 0 unspecified atom stereocenters. The van der Waals surface area contributed by atoms with Gasteiger partial charge in [-0.3, -0.25) is 4.79 Å². The Morgan fingerprint density at radius 3 is 2.68 bits per heavy atom. The fourth-order valence-corrected chi connectivity index (χ4v) is 3.93. The lowest BCUT2D eigenvalue weighted by atomic mass is 9.96. The summed E-state index contributed by atoms with van der Waals surface area (Å²) in [6, 6.07) is 12.7. The minimum absolute atomic E-state index is 0.0537. The van der Waals surface area contributed by atoms with E-state index >= 15 is 0 Å². The molecule has 1 aliphatic heterocycles. The number of para-hydroxylation sites is 2. The van der Waals surface area contributed by atoms with Crippen LogP contribution in [0, 0.1) is 0 Å². The Labute approximate surface area is 173 Å². The molecule has 0 N–H and O–H groups in total. The summed E-state index contributed by atoms with van der Waals surface area (Å²) in [7, 11) is 0. The number of likely N-dealkylation sites (tertiary alicyclic amines) is 1. The molecule has 0 saturated carbocycles. The van der Waals surface area contributed by atoms with Gasteiger partial charge < -0.3 is 14.1 Å². The van der Waals surface area contributed by atoms with E-state index in [0.717, 1.165) is 29.8 Å². The molecular weight excluding hydrogens is 399 g/mol. The van der Waals surface area contributed by atoms with Crippen molar-refractivity contribution in [3.63, 3.8) is 0 Å². The fraction of sp³-hybridized carbons (Fsp3) is 0.333. The highest BCUT2D eigenvalue weighted by molar-refractivity contribution is 6.35. The number of halogens is 2. The summed E-state index contributed by atoms with van der Waals surface area (Å²) in [5.74, 6) is 1.37. The summed E-state index contributed by atoms with van der Waals surface area (Å²) in [5, 5.41) is 0.916. The van der Waals surface area contributed by atoms with E-state index in [1.54, 1.807) is 25.1 Å². The first kappa shape index (κ1) is 19.1. The number of nitrogens with zero attached hydrogens (tertiary/aromatic N) is 2. The van der Waals surface area contributed by atoms with Gasteiger partial charge >= 0.3 is 0 Å². The SMILES string of the molecule is C[C@H](Oc1ccc(Cl)cc1Cl)C(=O)N1CCC(c2nc3ccccc3o2)CC1. The van der Waals surface area contributed by atoms with Crippen LogP contribution in [0.25, 0.3) is 11.1 Å². The van der Waals surface area contributed by atoms with E-state index in [0.29, 0.717) is 28.9 Å². The highest BCUT2D eigenvalue weighted by atomic mass is 35.5. The van der Waals surface area contributed by atoms with E-state index in [4.69, 9.17) is 32.4 Å². The van der Waals surface area contributed by atoms with Crippen LogP contribution in [-0.4, -0.2) is 35.0 Å². The first-order chi connectivity index (χ1) is 13.5. The Morgan fingerprint density at radius 1 is 1.21 bits per heavy atom. The number of carbonyl (C=O) groups is 1. The van der Waals surface area contributed by atoms with Gasteiger partial charge in [0.1, 0.15) is 11.3 Å². The molecule has 0 bridgehead atoms. The summed E-state index contributed by atoms with van der Waals surface area (Å²) in [5.41, 5.74) is 1.68. The Kier molecular flexibility index (Phi) is 5.47. The highest BCUT2D eigenvalue weighted by Gasteiger charge is 2.30. The summed E-state index contributed by atoms with van der Waals surface area (Å²) in [4.78, 5) is 19.2. The van der Waals surface area contributed by atoms with Gasteiger partial charge in [0.05, 0.1) is 5.02 Å². The smallest absolute Gasteiger partial charge is 0.263 e. The van der Waals surface area contributed by atoms with Crippen LogP contribution < -0.4 is 4.74 Å². The molecule has 0 spiro atoms. The molecule has 2 heterocycles. The van der Waals surface area contributed by atoms with Crippen molar-refractivity contribution >= 4 is 40.2 Å². The lowest BCUT2D eigenvalue weighted by Gasteiger charge is -2.32. The number of fused-ring (bicyclic) bond motifs is 1. The van der Waals surface area contributed by atoms with Crippen LogP contribution in [0.15, 0.2) is 46.9 Å². The molecule has 0 radical (unpaired) electrons. The number of rotatable bonds is 4. The van der Waals surface area contributed by atoms with Crippen LogP contribution in [0.3, 0.4) is 0 Å². The number of benzene rings is 2. The molecular formula is C21H20Cl2N2O3. The molecule has 3 aromatic rings. The fourth-order valence-electron chi connectivity index (χ4n) is 3.48. The molecule has 1 aromatic heterocycles. The second-order valence-corrected chi connectivity index (χ2v) is 7.80. The molecule has 28 heavy (non-hydrogen) atoms. The van der Waals surface area contributed by atoms with Crippen molar-refractivity contribution in [2.45, 2.75) is 31.8 Å². The average Bonchev–Trinajstić information content (AvgIpc) is 3.14. The molecule has 1 aliphatic rings. The van der Waals surface area contributed by atoms with Crippen molar-refractivity contribution in [3.8, 4) is 5.75 Å². The van der Waals surface area contributed by atoms with Gasteiger partial charge in [-0.15, -0.1) is 0 Å². The number of ether oxygens (including phenoxy) is 1. The quantitative estimate of drug-likeness (QED) is 0.575. The summed E-state index contributed by atoms with van der Waals surface area (Å²) >= 11 is 12.0. The predicted molar refractivity (Wildman–Crippen MR) is 109 cm³/mol. The van der Waals surface area contributed by atoms with Crippen molar-refractivity contribution < 1.29 is 13.9 Å². The van der Waals surface area contributed by atoms with Crippen LogP contribution in [-0.2, 0) is 4.79 Å². The van der Waals surface area contributed by atoms with Crippen LogP contribution in [0.1, 0.15) is 31.6 Å². The maximum Gasteiger partial charge on any atom is 0.263 e. The first-order valence-electron chi connectivity index (χ1n) is 9.27. The number of hydrogen-bond donors (Lipinski definition) is 0. The molecule has 146 valence electrons. The number of amides is 1. The van der Waals surface area contributed by atoms with Gasteiger partial charge in [-0.05, 0) is 50.1 Å². The molecule has 2 aromatic carbocycles. The van der Waals surface area contributed by atoms with E-state index < -0.39 is 6.10 Å². The van der Waals surface area contributed by atoms with Gasteiger partial charge in [0.15, 0.2) is 17.6 Å². The molecule has 7 heteroatoms. The lowest BCUT2D eigenvalue weighted by Crippen LogP contribution is -2.44. The average molecular weight is 419 g/mol. The molecule has 5 nitrogen and oxygen atoms in total. The number of carbonyl (C=O) groups excluding carboxylic acids is 1. The zero-order valence-corrected chi connectivity index (χ0v) is 16.9.